The molecule has 12 heteroatoms. The van der Waals surface area contributed by atoms with Crippen LogP contribution in [0.15, 0.2) is 48.5 Å². The van der Waals surface area contributed by atoms with E-state index < -0.39 is 10.8 Å². The summed E-state index contributed by atoms with van der Waals surface area (Å²) in [7, 11) is 0. The zero-order valence-electron chi connectivity index (χ0n) is 18.4. The number of amides is 2. The van der Waals surface area contributed by atoms with Gasteiger partial charge in [0.1, 0.15) is 0 Å². The second kappa shape index (κ2) is 10.2. The molecule has 12 nitrogen and oxygen atoms in total. The van der Waals surface area contributed by atoms with E-state index in [4.69, 9.17) is 4.74 Å². The SMILES string of the molecule is Cc1c(C(=O)Nc2ccc(NC(=O)CN3CCOCC3)cc2)nnn1-c1cccc([N+](=O)[O-])c1. The summed E-state index contributed by atoms with van der Waals surface area (Å²) in [6.07, 6.45) is 0. The Kier molecular flexibility index (Phi) is 6.90. The molecule has 1 saturated heterocycles. The average molecular weight is 465 g/mol. The number of nitrogens with zero attached hydrogens (tertiary/aromatic N) is 5. The van der Waals surface area contributed by atoms with Gasteiger partial charge in [0.25, 0.3) is 11.6 Å². The number of nitro groups is 1. The van der Waals surface area contributed by atoms with Crippen molar-refractivity contribution < 1.29 is 19.2 Å². The van der Waals surface area contributed by atoms with Crippen molar-refractivity contribution in [3.63, 3.8) is 0 Å². The number of ether oxygens (including phenoxy) is 1. The van der Waals surface area contributed by atoms with Gasteiger partial charge in [-0.05, 0) is 37.3 Å². The predicted molar refractivity (Wildman–Crippen MR) is 123 cm³/mol. The number of hydrogen-bond donors (Lipinski definition) is 2. The minimum atomic E-state index is -0.502. The molecule has 34 heavy (non-hydrogen) atoms. The van der Waals surface area contributed by atoms with Crippen LogP contribution in [0, 0.1) is 17.0 Å². The van der Waals surface area contributed by atoms with E-state index in [1.54, 1.807) is 37.3 Å². The van der Waals surface area contributed by atoms with Gasteiger partial charge in [-0.1, -0.05) is 11.3 Å². The normalized spacial score (nSPS) is 13.9. The summed E-state index contributed by atoms with van der Waals surface area (Å²) < 4.78 is 6.65. The monoisotopic (exact) mass is 465 g/mol. The summed E-state index contributed by atoms with van der Waals surface area (Å²) in [5, 5.41) is 24.5. The second-order valence-electron chi connectivity index (χ2n) is 7.68. The number of carbonyl (C=O) groups is 2. The van der Waals surface area contributed by atoms with Crippen LogP contribution in [0.5, 0.6) is 0 Å². The summed E-state index contributed by atoms with van der Waals surface area (Å²) in [6.45, 7) is 4.65. The third kappa shape index (κ3) is 5.42. The van der Waals surface area contributed by atoms with Crippen molar-refractivity contribution in [2.45, 2.75) is 6.92 Å². The van der Waals surface area contributed by atoms with Crippen molar-refractivity contribution in [3.8, 4) is 5.69 Å². The molecule has 0 unspecified atom stereocenters. The molecule has 2 aromatic carbocycles. The van der Waals surface area contributed by atoms with Crippen LogP contribution >= 0.6 is 0 Å². The molecule has 2 heterocycles. The van der Waals surface area contributed by atoms with E-state index in [2.05, 4.69) is 20.9 Å². The Morgan fingerprint density at radius 2 is 1.76 bits per heavy atom. The van der Waals surface area contributed by atoms with Gasteiger partial charge in [0.15, 0.2) is 5.69 Å². The summed E-state index contributed by atoms with van der Waals surface area (Å²) in [6, 6.07) is 12.6. The van der Waals surface area contributed by atoms with E-state index in [9.17, 15) is 19.7 Å². The first kappa shape index (κ1) is 23.0. The minimum Gasteiger partial charge on any atom is -0.379 e. The number of morpholine rings is 1. The van der Waals surface area contributed by atoms with E-state index in [0.29, 0.717) is 42.5 Å². The largest absolute Gasteiger partial charge is 0.379 e. The Morgan fingerprint density at radius 1 is 1.09 bits per heavy atom. The lowest BCUT2D eigenvalue weighted by Gasteiger charge is -2.25. The Balaban J connectivity index is 1.38. The molecule has 1 aliphatic heterocycles. The van der Waals surface area contributed by atoms with Gasteiger partial charge in [-0.15, -0.1) is 5.10 Å². The molecular weight excluding hydrogens is 442 g/mol. The first-order valence-corrected chi connectivity index (χ1v) is 10.6. The molecule has 2 N–H and O–H groups in total. The lowest BCUT2D eigenvalue weighted by molar-refractivity contribution is -0.384. The number of non-ortho nitro benzene ring substituents is 1. The fourth-order valence-electron chi connectivity index (χ4n) is 3.51. The smallest absolute Gasteiger partial charge is 0.278 e. The fraction of sp³-hybridized carbons (Fsp3) is 0.273. The second-order valence-corrected chi connectivity index (χ2v) is 7.68. The molecule has 0 atom stereocenters. The van der Waals surface area contributed by atoms with Crippen LogP contribution in [-0.4, -0.2) is 69.5 Å². The van der Waals surface area contributed by atoms with E-state index in [1.807, 2.05) is 4.90 Å². The highest BCUT2D eigenvalue weighted by Gasteiger charge is 2.19. The molecule has 0 radical (unpaired) electrons. The predicted octanol–water partition coefficient (Wildman–Crippen LogP) is 2.01. The Hall–Kier alpha value is -4.16. The zero-order valence-corrected chi connectivity index (χ0v) is 18.4. The average Bonchev–Trinajstić information content (AvgIpc) is 3.22. The molecule has 1 aromatic heterocycles. The summed E-state index contributed by atoms with van der Waals surface area (Å²) in [5.74, 6) is -0.592. The van der Waals surface area contributed by atoms with Gasteiger partial charge in [-0.3, -0.25) is 24.6 Å². The summed E-state index contributed by atoms with van der Waals surface area (Å²) in [5.41, 5.74) is 2.00. The molecule has 1 aliphatic rings. The standard InChI is InChI=1S/C22H23N7O5/c1-15-21(25-26-28(15)18-3-2-4-19(13-18)29(32)33)22(31)24-17-7-5-16(6-8-17)23-20(30)14-27-9-11-34-12-10-27/h2-8,13H,9-12,14H2,1H3,(H,23,30)(H,24,31). The van der Waals surface area contributed by atoms with Crippen molar-refractivity contribution in [1.29, 1.82) is 0 Å². The first-order chi connectivity index (χ1) is 16.4. The Morgan fingerprint density at radius 3 is 2.44 bits per heavy atom. The van der Waals surface area contributed by atoms with Gasteiger partial charge in [-0.25, -0.2) is 4.68 Å². The molecule has 0 spiro atoms. The Labute approximate surface area is 194 Å². The fourth-order valence-corrected chi connectivity index (χ4v) is 3.51. The van der Waals surface area contributed by atoms with Crippen LogP contribution in [0.3, 0.4) is 0 Å². The number of hydrogen-bond acceptors (Lipinski definition) is 8. The zero-order chi connectivity index (χ0) is 24.1. The molecule has 1 fully saturated rings. The van der Waals surface area contributed by atoms with Crippen molar-refractivity contribution in [3.05, 3.63) is 70.0 Å². The lowest BCUT2D eigenvalue weighted by atomic mass is 10.2. The lowest BCUT2D eigenvalue weighted by Crippen LogP contribution is -2.41. The molecule has 0 aliphatic carbocycles. The first-order valence-electron chi connectivity index (χ1n) is 10.6. The molecule has 0 bridgehead atoms. The van der Waals surface area contributed by atoms with E-state index >= 15 is 0 Å². The summed E-state index contributed by atoms with van der Waals surface area (Å²) >= 11 is 0. The third-order valence-corrected chi connectivity index (χ3v) is 5.29. The van der Waals surface area contributed by atoms with Crippen LogP contribution in [0.25, 0.3) is 5.69 Å². The minimum absolute atomic E-state index is 0.0875. The van der Waals surface area contributed by atoms with Crippen LogP contribution < -0.4 is 10.6 Å². The van der Waals surface area contributed by atoms with Crippen LogP contribution in [0.4, 0.5) is 17.1 Å². The molecule has 176 valence electrons. The summed E-state index contributed by atoms with van der Waals surface area (Å²) in [4.78, 5) is 37.5. The van der Waals surface area contributed by atoms with Crippen molar-refractivity contribution in [2.75, 3.05) is 43.5 Å². The number of aromatic nitrogens is 3. The number of nitro benzene ring substituents is 1. The number of carbonyl (C=O) groups excluding carboxylic acids is 2. The molecule has 2 amide bonds. The van der Waals surface area contributed by atoms with Crippen LogP contribution in [0.1, 0.15) is 16.2 Å². The van der Waals surface area contributed by atoms with Crippen LogP contribution in [-0.2, 0) is 9.53 Å². The maximum atomic E-state index is 12.7. The number of rotatable bonds is 7. The molecule has 3 aromatic rings. The molecule has 4 rings (SSSR count). The highest BCUT2D eigenvalue weighted by Crippen LogP contribution is 2.19. The molecular formula is C22H23N7O5. The number of nitrogens with one attached hydrogen (secondary N) is 2. The van der Waals surface area contributed by atoms with Gasteiger partial charge in [0.05, 0.1) is 36.1 Å². The maximum Gasteiger partial charge on any atom is 0.278 e. The van der Waals surface area contributed by atoms with E-state index in [1.165, 1.54) is 22.9 Å². The molecule has 0 saturated carbocycles. The Bertz CT molecular complexity index is 1200. The highest BCUT2D eigenvalue weighted by atomic mass is 16.6. The van der Waals surface area contributed by atoms with Gasteiger partial charge in [-0.2, -0.15) is 0 Å². The van der Waals surface area contributed by atoms with Crippen molar-refractivity contribution in [1.82, 2.24) is 19.9 Å². The number of benzene rings is 2. The quantitative estimate of drug-likeness (QED) is 0.398. The van der Waals surface area contributed by atoms with Gasteiger partial charge in [0, 0.05) is 36.6 Å². The van der Waals surface area contributed by atoms with Crippen molar-refractivity contribution >= 4 is 28.9 Å². The maximum absolute atomic E-state index is 12.7. The topological polar surface area (TPSA) is 145 Å². The van der Waals surface area contributed by atoms with E-state index in [0.717, 1.165) is 13.1 Å². The highest BCUT2D eigenvalue weighted by molar-refractivity contribution is 6.03. The van der Waals surface area contributed by atoms with Gasteiger partial charge < -0.3 is 15.4 Å². The van der Waals surface area contributed by atoms with Gasteiger partial charge >= 0.3 is 0 Å². The van der Waals surface area contributed by atoms with Crippen LogP contribution in [0.2, 0.25) is 0 Å². The number of anilines is 2. The van der Waals surface area contributed by atoms with Gasteiger partial charge in [0.2, 0.25) is 5.91 Å². The van der Waals surface area contributed by atoms with Crippen molar-refractivity contribution in [2.24, 2.45) is 0 Å². The van der Waals surface area contributed by atoms with E-state index in [-0.39, 0.29) is 17.3 Å². The third-order valence-electron chi connectivity index (χ3n) is 5.29.